The molecule has 1 aromatic carbocycles. The van der Waals surface area contributed by atoms with Gasteiger partial charge < -0.3 is 5.73 Å². The summed E-state index contributed by atoms with van der Waals surface area (Å²) in [4.78, 5) is 0.841. The van der Waals surface area contributed by atoms with Gasteiger partial charge in [0, 0.05) is 17.2 Å². The highest BCUT2D eigenvalue weighted by molar-refractivity contribution is 7.19. The van der Waals surface area contributed by atoms with Crippen molar-refractivity contribution in [3.05, 3.63) is 29.6 Å². The molecule has 0 aliphatic heterocycles. The second-order valence-corrected chi connectivity index (χ2v) is 6.15. The predicted molar refractivity (Wildman–Crippen MR) is 86.6 cm³/mol. The number of hydrogen-bond donors (Lipinski definition) is 1. The van der Waals surface area contributed by atoms with Crippen LogP contribution in [0.5, 0.6) is 0 Å². The third-order valence-electron chi connectivity index (χ3n) is 3.97. The van der Waals surface area contributed by atoms with Crippen molar-refractivity contribution in [2.24, 2.45) is 0 Å². The van der Waals surface area contributed by atoms with Crippen molar-refractivity contribution < 1.29 is 0 Å². The number of aromatic nitrogens is 4. The third kappa shape index (κ3) is 2.29. The molecule has 0 radical (unpaired) electrons. The van der Waals surface area contributed by atoms with Crippen LogP contribution in [0.15, 0.2) is 18.2 Å². The first kappa shape index (κ1) is 14.0. The molecule has 0 atom stereocenters. The number of nitrogen functional groups attached to an aromatic ring is 1. The minimum absolute atomic E-state index is 0.400. The number of nitrogens with zero attached hydrogens (tertiary/aromatic N) is 4. The maximum absolute atomic E-state index is 5.99. The molecule has 0 aliphatic rings. The van der Waals surface area contributed by atoms with Crippen LogP contribution < -0.4 is 5.73 Å². The highest BCUT2D eigenvalue weighted by Crippen LogP contribution is 2.32. The molecule has 2 N–H and O–H groups in total. The molecule has 0 unspecified atom stereocenters. The molecular formula is C15H19N5S. The second-order valence-electron chi connectivity index (χ2n) is 5.19. The third-order valence-corrected chi connectivity index (χ3v) is 4.90. The molecule has 2 aromatic heterocycles. The zero-order valence-electron chi connectivity index (χ0n) is 12.5. The van der Waals surface area contributed by atoms with Crippen molar-refractivity contribution in [2.45, 2.75) is 39.5 Å². The summed E-state index contributed by atoms with van der Waals surface area (Å²) in [7, 11) is 0. The highest BCUT2D eigenvalue weighted by atomic mass is 32.1. The SMILES string of the molecule is CCC(CC)c1nnc2sc(-c3cccc(N)c3C)nn12. The first-order chi connectivity index (χ1) is 10.2. The van der Waals surface area contributed by atoms with Gasteiger partial charge in [-0.3, -0.25) is 0 Å². The molecule has 0 aliphatic carbocycles. The van der Waals surface area contributed by atoms with Crippen LogP contribution in [0.4, 0.5) is 5.69 Å². The minimum atomic E-state index is 0.400. The molecule has 3 aromatic rings. The molecule has 0 saturated heterocycles. The molecule has 21 heavy (non-hydrogen) atoms. The molecular weight excluding hydrogens is 282 g/mol. The molecule has 0 bridgehead atoms. The highest BCUT2D eigenvalue weighted by Gasteiger charge is 2.19. The molecule has 0 amide bonds. The van der Waals surface area contributed by atoms with Gasteiger partial charge in [-0.25, -0.2) is 0 Å². The zero-order valence-corrected chi connectivity index (χ0v) is 13.3. The van der Waals surface area contributed by atoms with Gasteiger partial charge in [-0.1, -0.05) is 37.3 Å². The lowest BCUT2D eigenvalue weighted by Crippen LogP contribution is -2.03. The Labute approximate surface area is 127 Å². The predicted octanol–water partition coefficient (Wildman–Crippen LogP) is 3.65. The molecule has 6 heteroatoms. The van der Waals surface area contributed by atoms with Crippen LogP contribution in [0.2, 0.25) is 0 Å². The summed E-state index contributed by atoms with van der Waals surface area (Å²) in [5.41, 5.74) is 8.91. The number of rotatable bonds is 4. The van der Waals surface area contributed by atoms with E-state index >= 15 is 0 Å². The van der Waals surface area contributed by atoms with Crippen molar-refractivity contribution >= 4 is 22.0 Å². The normalized spacial score (nSPS) is 11.6. The molecule has 5 nitrogen and oxygen atoms in total. The largest absolute Gasteiger partial charge is 0.398 e. The van der Waals surface area contributed by atoms with Crippen molar-refractivity contribution in [3.8, 4) is 10.6 Å². The van der Waals surface area contributed by atoms with Crippen LogP contribution in [-0.2, 0) is 0 Å². The number of fused-ring (bicyclic) bond motifs is 1. The van der Waals surface area contributed by atoms with Gasteiger partial charge in [-0.05, 0) is 31.4 Å². The number of hydrogen-bond acceptors (Lipinski definition) is 5. The van der Waals surface area contributed by atoms with E-state index in [0.29, 0.717) is 5.92 Å². The lowest BCUT2D eigenvalue weighted by Gasteiger charge is -2.08. The lowest BCUT2D eigenvalue weighted by atomic mass is 10.0. The van der Waals surface area contributed by atoms with Gasteiger partial charge in [0.25, 0.3) is 0 Å². The van der Waals surface area contributed by atoms with Gasteiger partial charge in [0.1, 0.15) is 5.01 Å². The quantitative estimate of drug-likeness (QED) is 0.747. The van der Waals surface area contributed by atoms with Gasteiger partial charge in [0.05, 0.1) is 0 Å². The zero-order chi connectivity index (χ0) is 15.0. The van der Waals surface area contributed by atoms with Crippen molar-refractivity contribution in [3.63, 3.8) is 0 Å². The van der Waals surface area contributed by atoms with Crippen LogP contribution in [0, 0.1) is 6.92 Å². The number of anilines is 1. The minimum Gasteiger partial charge on any atom is -0.398 e. The van der Waals surface area contributed by atoms with E-state index in [0.717, 1.165) is 45.4 Å². The van der Waals surface area contributed by atoms with Crippen LogP contribution in [0.3, 0.4) is 0 Å². The summed E-state index contributed by atoms with van der Waals surface area (Å²) in [6.45, 7) is 6.37. The van der Waals surface area contributed by atoms with Crippen molar-refractivity contribution in [1.29, 1.82) is 0 Å². The summed E-state index contributed by atoms with van der Waals surface area (Å²) < 4.78 is 1.89. The van der Waals surface area contributed by atoms with E-state index in [4.69, 9.17) is 10.8 Å². The maximum atomic E-state index is 5.99. The van der Waals surface area contributed by atoms with E-state index in [-0.39, 0.29) is 0 Å². The van der Waals surface area contributed by atoms with Crippen LogP contribution in [0.1, 0.15) is 44.0 Å². The summed E-state index contributed by atoms with van der Waals surface area (Å²) in [6, 6.07) is 5.92. The fourth-order valence-corrected chi connectivity index (χ4v) is 3.46. The molecule has 0 spiro atoms. The summed E-state index contributed by atoms with van der Waals surface area (Å²) in [5, 5.41) is 14.2. The number of nitrogens with two attached hydrogens (primary N) is 1. The Morgan fingerprint density at radius 2 is 2.00 bits per heavy atom. The smallest absolute Gasteiger partial charge is 0.234 e. The first-order valence-corrected chi connectivity index (χ1v) is 8.04. The Hall–Kier alpha value is -1.95. The maximum Gasteiger partial charge on any atom is 0.234 e. The Kier molecular flexibility index (Phi) is 3.63. The average molecular weight is 301 g/mol. The molecule has 3 rings (SSSR count). The number of benzene rings is 1. The summed E-state index contributed by atoms with van der Waals surface area (Å²) >= 11 is 1.56. The van der Waals surface area contributed by atoms with Gasteiger partial charge in [-0.15, -0.1) is 10.2 Å². The Balaban J connectivity index is 2.12. The monoisotopic (exact) mass is 301 g/mol. The summed E-state index contributed by atoms with van der Waals surface area (Å²) in [6.07, 6.45) is 2.09. The van der Waals surface area contributed by atoms with Crippen LogP contribution in [0.25, 0.3) is 15.5 Å². The van der Waals surface area contributed by atoms with Crippen LogP contribution >= 0.6 is 11.3 Å². The van der Waals surface area contributed by atoms with Gasteiger partial charge in [-0.2, -0.15) is 9.61 Å². The molecule has 0 saturated carbocycles. The standard InChI is InChI=1S/C15H19N5S/c1-4-10(5-2)13-17-18-15-20(13)19-14(21-15)11-7-6-8-12(16)9(11)3/h6-8,10H,4-5,16H2,1-3H3. The van der Waals surface area contributed by atoms with Crippen molar-refractivity contribution in [2.75, 3.05) is 5.73 Å². The van der Waals surface area contributed by atoms with E-state index in [1.165, 1.54) is 0 Å². The topological polar surface area (TPSA) is 69.1 Å². The first-order valence-electron chi connectivity index (χ1n) is 7.23. The van der Waals surface area contributed by atoms with E-state index < -0.39 is 0 Å². The fraction of sp³-hybridized carbons (Fsp3) is 0.400. The molecule has 0 fully saturated rings. The molecule has 110 valence electrons. The lowest BCUT2D eigenvalue weighted by molar-refractivity contribution is 0.584. The molecule has 2 heterocycles. The van der Waals surface area contributed by atoms with Gasteiger partial charge in [0.2, 0.25) is 4.96 Å². The Morgan fingerprint density at radius 3 is 2.71 bits per heavy atom. The summed E-state index contributed by atoms with van der Waals surface area (Å²) in [5.74, 6) is 1.36. The van der Waals surface area contributed by atoms with Crippen molar-refractivity contribution in [1.82, 2.24) is 19.8 Å². The Bertz CT molecular complexity index is 770. The van der Waals surface area contributed by atoms with Gasteiger partial charge in [0.15, 0.2) is 5.82 Å². The second kappa shape index (κ2) is 5.44. The van der Waals surface area contributed by atoms with E-state index in [1.54, 1.807) is 11.3 Å². The Morgan fingerprint density at radius 1 is 1.24 bits per heavy atom. The van der Waals surface area contributed by atoms with Crippen LogP contribution in [-0.4, -0.2) is 19.8 Å². The fourth-order valence-electron chi connectivity index (χ4n) is 2.53. The van der Waals surface area contributed by atoms with E-state index in [1.807, 2.05) is 29.6 Å². The average Bonchev–Trinajstić information content (AvgIpc) is 3.05. The van der Waals surface area contributed by atoms with E-state index in [2.05, 4.69) is 24.0 Å². The van der Waals surface area contributed by atoms with E-state index in [9.17, 15) is 0 Å². The van der Waals surface area contributed by atoms with Gasteiger partial charge >= 0.3 is 0 Å².